The molecule has 3 atom stereocenters. The zero-order valence-corrected chi connectivity index (χ0v) is 12.9. The van der Waals surface area contributed by atoms with E-state index in [1.807, 2.05) is 0 Å². The third-order valence-electron chi connectivity index (χ3n) is 4.33. The van der Waals surface area contributed by atoms with Crippen molar-refractivity contribution in [1.82, 2.24) is 0 Å². The van der Waals surface area contributed by atoms with Crippen molar-refractivity contribution in [3.05, 3.63) is 33.6 Å². The van der Waals surface area contributed by atoms with E-state index in [0.717, 1.165) is 5.92 Å². The van der Waals surface area contributed by atoms with Gasteiger partial charge in [-0.1, -0.05) is 31.9 Å². The van der Waals surface area contributed by atoms with E-state index in [4.69, 9.17) is 5.73 Å². The zero-order valence-electron chi connectivity index (χ0n) is 10.5. The monoisotopic (exact) mass is 323 g/mol. The van der Waals surface area contributed by atoms with Gasteiger partial charge in [0, 0.05) is 15.2 Å². The molecule has 18 heavy (non-hydrogen) atoms. The van der Waals surface area contributed by atoms with E-state index in [2.05, 4.69) is 46.4 Å². The SMILES string of the molecule is CC1CCCC1C(N)c1csc2c(Br)cccc12. The Labute approximate surface area is 121 Å². The Kier molecular flexibility index (Phi) is 3.48. The molecule has 1 aromatic heterocycles. The average molecular weight is 324 g/mol. The highest BCUT2D eigenvalue weighted by atomic mass is 79.9. The predicted molar refractivity (Wildman–Crippen MR) is 83.0 cm³/mol. The Bertz CT molecular complexity index is 563. The molecule has 3 heteroatoms. The van der Waals surface area contributed by atoms with E-state index in [-0.39, 0.29) is 6.04 Å². The molecule has 1 nitrogen and oxygen atoms in total. The Hall–Kier alpha value is -0.380. The molecule has 3 rings (SSSR count). The average Bonchev–Trinajstić information content (AvgIpc) is 2.95. The van der Waals surface area contributed by atoms with Crippen LogP contribution in [-0.4, -0.2) is 0 Å². The lowest BCUT2D eigenvalue weighted by atomic mass is 9.86. The van der Waals surface area contributed by atoms with E-state index >= 15 is 0 Å². The summed E-state index contributed by atoms with van der Waals surface area (Å²) >= 11 is 5.43. The first-order valence-corrected chi connectivity index (χ1v) is 8.27. The number of fused-ring (bicyclic) bond motifs is 1. The number of hydrogen-bond acceptors (Lipinski definition) is 2. The molecule has 0 radical (unpaired) electrons. The number of halogens is 1. The van der Waals surface area contributed by atoms with Gasteiger partial charge in [-0.05, 0) is 56.6 Å². The minimum atomic E-state index is 0.200. The molecule has 3 unspecified atom stereocenters. The van der Waals surface area contributed by atoms with E-state index < -0.39 is 0 Å². The van der Waals surface area contributed by atoms with Crippen molar-refractivity contribution in [2.75, 3.05) is 0 Å². The summed E-state index contributed by atoms with van der Waals surface area (Å²) in [5.74, 6) is 1.42. The lowest BCUT2D eigenvalue weighted by Gasteiger charge is -2.23. The topological polar surface area (TPSA) is 26.0 Å². The van der Waals surface area contributed by atoms with Crippen molar-refractivity contribution in [3.8, 4) is 0 Å². The van der Waals surface area contributed by atoms with Crippen LogP contribution in [0.4, 0.5) is 0 Å². The second-order valence-corrected chi connectivity index (χ2v) is 7.14. The summed E-state index contributed by atoms with van der Waals surface area (Å²) in [4.78, 5) is 0. The van der Waals surface area contributed by atoms with Crippen molar-refractivity contribution in [3.63, 3.8) is 0 Å². The second-order valence-electron chi connectivity index (χ2n) is 5.41. The van der Waals surface area contributed by atoms with Crippen molar-refractivity contribution in [2.45, 2.75) is 32.2 Å². The highest BCUT2D eigenvalue weighted by molar-refractivity contribution is 9.10. The number of rotatable bonds is 2. The van der Waals surface area contributed by atoms with Gasteiger partial charge in [-0.2, -0.15) is 0 Å². The van der Waals surface area contributed by atoms with Gasteiger partial charge in [0.2, 0.25) is 0 Å². The van der Waals surface area contributed by atoms with Crippen LogP contribution in [0.5, 0.6) is 0 Å². The van der Waals surface area contributed by atoms with Gasteiger partial charge in [0.25, 0.3) is 0 Å². The zero-order chi connectivity index (χ0) is 12.7. The molecule has 96 valence electrons. The maximum atomic E-state index is 6.54. The second kappa shape index (κ2) is 4.95. The van der Waals surface area contributed by atoms with E-state index in [9.17, 15) is 0 Å². The van der Waals surface area contributed by atoms with Crippen LogP contribution in [0.25, 0.3) is 10.1 Å². The molecule has 2 N–H and O–H groups in total. The fraction of sp³-hybridized carbons (Fsp3) is 0.467. The number of thiophene rings is 1. The molecule has 1 aliphatic carbocycles. The Morgan fingerprint density at radius 2 is 2.22 bits per heavy atom. The molecule has 0 aliphatic heterocycles. The summed E-state index contributed by atoms with van der Waals surface area (Å²) < 4.78 is 2.51. The highest BCUT2D eigenvalue weighted by Gasteiger charge is 2.30. The summed E-state index contributed by atoms with van der Waals surface area (Å²) in [5, 5.41) is 3.59. The molecule has 1 heterocycles. The van der Waals surface area contributed by atoms with Crippen LogP contribution in [0.1, 0.15) is 37.8 Å². The fourth-order valence-electron chi connectivity index (χ4n) is 3.24. The molecule has 1 fully saturated rings. The summed E-state index contributed by atoms with van der Waals surface area (Å²) in [6, 6.07) is 6.61. The van der Waals surface area contributed by atoms with Crippen LogP contribution in [-0.2, 0) is 0 Å². The van der Waals surface area contributed by atoms with Crippen molar-refractivity contribution in [1.29, 1.82) is 0 Å². The van der Waals surface area contributed by atoms with Gasteiger partial charge in [0.15, 0.2) is 0 Å². The van der Waals surface area contributed by atoms with Crippen LogP contribution in [0.3, 0.4) is 0 Å². The molecule has 1 saturated carbocycles. The number of nitrogens with two attached hydrogens (primary N) is 1. The summed E-state index contributed by atoms with van der Waals surface area (Å²) in [6.07, 6.45) is 3.96. The molecule has 0 bridgehead atoms. The largest absolute Gasteiger partial charge is 0.324 e. The van der Waals surface area contributed by atoms with Gasteiger partial charge in [-0.3, -0.25) is 0 Å². The van der Waals surface area contributed by atoms with E-state index in [0.29, 0.717) is 5.92 Å². The van der Waals surface area contributed by atoms with Crippen molar-refractivity contribution in [2.24, 2.45) is 17.6 Å². The Balaban J connectivity index is 2.01. The third kappa shape index (κ3) is 2.02. The summed E-state index contributed by atoms with van der Waals surface area (Å²) in [6.45, 7) is 2.35. The standard InChI is InChI=1S/C15H18BrNS/c1-9-4-2-5-10(9)14(17)12-8-18-15-11(12)6-3-7-13(15)16/h3,6-10,14H,2,4-5,17H2,1H3. The van der Waals surface area contributed by atoms with Gasteiger partial charge in [-0.15, -0.1) is 11.3 Å². The van der Waals surface area contributed by atoms with Crippen LogP contribution >= 0.6 is 27.3 Å². The predicted octanol–water partition coefficient (Wildman–Crippen LogP) is 5.10. The minimum absolute atomic E-state index is 0.200. The number of benzene rings is 1. The maximum Gasteiger partial charge on any atom is 0.0488 e. The van der Waals surface area contributed by atoms with Gasteiger partial charge < -0.3 is 5.73 Å². The minimum Gasteiger partial charge on any atom is -0.324 e. The maximum absolute atomic E-state index is 6.54. The van der Waals surface area contributed by atoms with Gasteiger partial charge in [-0.25, -0.2) is 0 Å². The smallest absolute Gasteiger partial charge is 0.0488 e. The lowest BCUT2D eigenvalue weighted by Crippen LogP contribution is -2.22. The quantitative estimate of drug-likeness (QED) is 0.817. The Morgan fingerprint density at radius 1 is 1.39 bits per heavy atom. The summed E-state index contributed by atoms with van der Waals surface area (Å²) in [5.41, 5.74) is 7.89. The van der Waals surface area contributed by atoms with Crippen molar-refractivity contribution >= 4 is 37.4 Å². The molecule has 0 spiro atoms. The van der Waals surface area contributed by atoms with Crippen LogP contribution in [0.2, 0.25) is 0 Å². The molecule has 2 aromatic rings. The highest BCUT2D eigenvalue weighted by Crippen LogP contribution is 2.43. The van der Waals surface area contributed by atoms with Crippen LogP contribution < -0.4 is 5.73 Å². The third-order valence-corrected chi connectivity index (χ3v) is 6.30. The van der Waals surface area contributed by atoms with Gasteiger partial charge in [0.05, 0.1) is 0 Å². The molecule has 0 amide bonds. The van der Waals surface area contributed by atoms with Crippen molar-refractivity contribution < 1.29 is 0 Å². The van der Waals surface area contributed by atoms with E-state index in [1.165, 1.54) is 39.4 Å². The van der Waals surface area contributed by atoms with E-state index in [1.54, 1.807) is 11.3 Å². The molecule has 0 saturated heterocycles. The van der Waals surface area contributed by atoms with Gasteiger partial charge in [0.1, 0.15) is 0 Å². The molecule has 1 aromatic carbocycles. The molecular weight excluding hydrogens is 306 g/mol. The van der Waals surface area contributed by atoms with Crippen LogP contribution in [0, 0.1) is 11.8 Å². The first-order valence-electron chi connectivity index (χ1n) is 6.59. The first kappa shape index (κ1) is 12.6. The lowest BCUT2D eigenvalue weighted by molar-refractivity contribution is 0.353. The Morgan fingerprint density at radius 3 is 2.94 bits per heavy atom. The first-order chi connectivity index (χ1) is 8.68. The number of hydrogen-bond donors (Lipinski definition) is 1. The molecular formula is C15H18BrNS. The fourth-order valence-corrected chi connectivity index (χ4v) is 4.91. The normalized spacial score (nSPS) is 25.7. The van der Waals surface area contributed by atoms with Crippen LogP contribution in [0.15, 0.2) is 28.1 Å². The summed E-state index contributed by atoms with van der Waals surface area (Å²) in [7, 11) is 0. The van der Waals surface area contributed by atoms with Gasteiger partial charge >= 0.3 is 0 Å². The molecule has 1 aliphatic rings.